The maximum atomic E-state index is 11.7. The molecule has 1 saturated carbocycles. The Kier molecular flexibility index (Phi) is 7.13. The number of hydrogen-bond acceptors (Lipinski definition) is 1. The topological polar surface area (TPSA) is 41.1 Å². The Bertz CT molecular complexity index is 399. The van der Waals surface area contributed by atoms with Crippen LogP contribution in [0.5, 0.6) is 0 Å². The molecule has 0 heterocycles. The van der Waals surface area contributed by atoms with E-state index in [2.05, 4.69) is 34.9 Å². The van der Waals surface area contributed by atoms with Crippen LogP contribution in [0.25, 0.3) is 0 Å². The van der Waals surface area contributed by atoms with Crippen LogP contribution >= 0.6 is 0 Å². The van der Waals surface area contributed by atoms with Crippen molar-refractivity contribution in [3.8, 4) is 0 Å². The monoisotopic (exact) mass is 288 g/mol. The van der Waals surface area contributed by atoms with Crippen LogP contribution in [0, 0.1) is 5.92 Å². The van der Waals surface area contributed by atoms with Crippen molar-refractivity contribution in [3.63, 3.8) is 0 Å². The SMILES string of the molecule is O=C(NCCCc1ccccc1)NCCC1CCCCC1. The molecular formula is C18H28N2O. The van der Waals surface area contributed by atoms with E-state index in [1.54, 1.807) is 0 Å². The smallest absolute Gasteiger partial charge is 0.314 e. The summed E-state index contributed by atoms with van der Waals surface area (Å²) in [6.45, 7) is 1.55. The number of amides is 2. The fourth-order valence-corrected chi connectivity index (χ4v) is 3.07. The Labute approximate surface area is 128 Å². The summed E-state index contributed by atoms with van der Waals surface area (Å²) in [5.74, 6) is 0.831. The molecule has 1 aromatic rings. The molecule has 0 bridgehead atoms. The molecule has 1 fully saturated rings. The van der Waals surface area contributed by atoms with Gasteiger partial charge < -0.3 is 10.6 Å². The van der Waals surface area contributed by atoms with Crippen molar-refractivity contribution in [3.05, 3.63) is 35.9 Å². The van der Waals surface area contributed by atoms with Gasteiger partial charge in [0.1, 0.15) is 0 Å². The van der Waals surface area contributed by atoms with Crippen LogP contribution in [-0.2, 0) is 6.42 Å². The number of rotatable bonds is 7. The zero-order chi connectivity index (χ0) is 14.8. The summed E-state index contributed by atoms with van der Waals surface area (Å²) in [6, 6.07) is 10.4. The van der Waals surface area contributed by atoms with Crippen molar-refractivity contribution in [1.82, 2.24) is 10.6 Å². The van der Waals surface area contributed by atoms with Gasteiger partial charge in [-0.3, -0.25) is 0 Å². The highest BCUT2D eigenvalue weighted by Crippen LogP contribution is 2.25. The summed E-state index contributed by atoms with van der Waals surface area (Å²) in [6.07, 6.45) is 9.97. The Morgan fingerprint density at radius 2 is 1.71 bits per heavy atom. The maximum absolute atomic E-state index is 11.7. The highest BCUT2D eigenvalue weighted by Gasteiger charge is 2.13. The number of aryl methyl sites for hydroxylation is 1. The van der Waals surface area contributed by atoms with Gasteiger partial charge in [-0.25, -0.2) is 4.79 Å². The van der Waals surface area contributed by atoms with E-state index in [-0.39, 0.29) is 6.03 Å². The maximum Gasteiger partial charge on any atom is 0.314 e. The van der Waals surface area contributed by atoms with Gasteiger partial charge in [0, 0.05) is 13.1 Å². The Morgan fingerprint density at radius 3 is 2.48 bits per heavy atom. The molecule has 3 heteroatoms. The summed E-state index contributed by atoms with van der Waals surface area (Å²) in [7, 11) is 0. The van der Waals surface area contributed by atoms with Crippen molar-refractivity contribution < 1.29 is 4.79 Å². The van der Waals surface area contributed by atoms with Gasteiger partial charge in [0.2, 0.25) is 0 Å². The predicted molar refractivity (Wildman–Crippen MR) is 87.4 cm³/mol. The Balaban J connectivity index is 1.47. The van der Waals surface area contributed by atoms with Gasteiger partial charge in [0.25, 0.3) is 0 Å². The summed E-state index contributed by atoms with van der Waals surface area (Å²) in [5.41, 5.74) is 1.33. The van der Waals surface area contributed by atoms with Crippen LogP contribution in [0.1, 0.15) is 50.5 Å². The van der Waals surface area contributed by atoms with Crippen LogP contribution in [0.4, 0.5) is 4.79 Å². The van der Waals surface area contributed by atoms with E-state index in [4.69, 9.17) is 0 Å². The molecule has 0 aromatic heterocycles. The second kappa shape index (κ2) is 9.43. The lowest BCUT2D eigenvalue weighted by molar-refractivity contribution is 0.238. The zero-order valence-electron chi connectivity index (χ0n) is 12.9. The molecule has 1 aliphatic carbocycles. The fourth-order valence-electron chi connectivity index (χ4n) is 3.07. The highest BCUT2D eigenvalue weighted by molar-refractivity contribution is 5.73. The molecule has 116 valence electrons. The van der Waals surface area contributed by atoms with Crippen molar-refractivity contribution in [2.24, 2.45) is 5.92 Å². The second-order valence-corrected chi connectivity index (χ2v) is 6.06. The number of benzene rings is 1. The average molecular weight is 288 g/mol. The Morgan fingerprint density at radius 1 is 1.00 bits per heavy atom. The lowest BCUT2D eigenvalue weighted by atomic mass is 9.87. The molecule has 0 saturated heterocycles. The third kappa shape index (κ3) is 6.65. The van der Waals surface area contributed by atoms with Gasteiger partial charge in [-0.2, -0.15) is 0 Å². The van der Waals surface area contributed by atoms with Crippen molar-refractivity contribution in [1.29, 1.82) is 0 Å². The van der Waals surface area contributed by atoms with Crippen molar-refractivity contribution in [2.45, 2.75) is 51.4 Å². The standard InChI is InChI=1S/C18H28N2O/c21-18(20-15-13-17-10-5-2-6-11-17)19-14-7-12-16-8-3-1-4-9-16/h1,3-4,8-9,17H,2,5-7,10-15H2,(H2,19,20,21). The van der Waals surface area contributed by atoms with Crippen LogP contribution in [-0.4, -0.2) is 19.1 Å². The van der Waals surface area contributed by atoms with Crippen LogP contribution in [0.15, 0.2) is 30.3 Å². The molecule has 0 atom stereocenters. The first-order valence-electron chi connectivity index (χ1n) is 8.40. The van der Waals surface area contributed by atoms with Crippen molar-refractivity contribution in [2.75, 3.05) is 13.1 Å². The first-order chi connectivity index (χ1) is 10.3. The van der Waals surface area contributed by atoms with E-state index in [9.17, 15) is 4.79 Å². The number of nitrogens with one attached hydrogen (secondary N) is 2. The fraction of sp³-hybridized carbons (Fsp3) is 0.611. The normalized spacial score (nSPS) is 15.6. The summed E-state index contributed by atoms with van der Waals surface area (Å²) in [4.78, 5) is 11.7. The quantitative estimate of drug-likeness (QED) is 0.734. The third-order valence-corrected chi connectivity index (χ3v) is 4.33. The minimum absolute atomic E-state index is 0.0149. The molecule has 2 N–H and O–H groups in total. The lowest BCUT2D eigenvalue weighted by Gasteiger charge is -2.21. The van der Waals surface area contributed by atoms with Crippen LogP contribution in [0.3, 0.4) is 0 Å². The van der Waals surface area contributed by atoms with Gasteiger partial charge >= 0.3 is 6.03 Å². The predicted octanol–water partition coefficient (Wildman–Crippen LogP) is 3.89. The van der Waals surface area contributed by atoms with Gasteiger partial charge in [-0.1, -0.05) is 62.4 Å². The largest absolute Gasteiger partial charge is 0.338 e. The van der Waals surface area contributed by atoms with Crippen LogP contribution < -0.4 is 10.6 Å². The van der Waals surface area contributed by atoms with E-state index in [0.29, 0.717) is 0 Å². The molecule has 2 amide bonds. The molecule has 0 unspecified atom stereocenters. The molecule has 0 radical (unpaired) electrons. The van der Waals surface area contributed by atoms with E-state index in [1.165, 1.54) is 37.7 Å². The van der Waals surface area contributed by atoms with Gasteiger partial charge in [0.15, 0.2) is 0 Å². The Hall–Kier alpha value is -1.51. The number of hydrogen-bond donors (Lipinski definition) is 2. The summed E-state index contributed by atoms with van der Waals surface area (Å²) in [5, 5.41) is 5.92. The van der Waals surface area contributed by atoms with Gasteiger partial charge in [-0.15, -0.1) is 0 Å². The van der Waals surface area contributed by atoms with E-state index >= 15 is 0 Å². The minimum atomic E-state index is -0.0149. The number of carbonyl (C=O) groups excluding carboxylic acids is 1. The molecule has 1 aliphatic rings. The summed E-state index contributed by atoms with van der Waals surface area (Å²) >= 11 is 0. The highest BCUT2D eigenvalue weighted by atomic mass is 16.2. The first kappa shape index (κ1) is 15.9. The number of carbonyl (C=O) groups is 1. The molecule has 3 nitrogen and oxygen atoms in total. The van der Waals surface area contributed by atoms with E-state index < -0.39 is 0 Å². The second-order valence-electron chi connectivity index (χ2n) is 6.06. The van der Waals surface area contributed by atoms with Gasteiger partial charge in [-0.05, 0) is 30.7 Å². The van der Waals surface area contributed by atoms with Crippen LogP contribution in [0.2, 0.25) is 0 Å². The summed E-state index contributed by atoms with van der Waals surface area (Å²) < 4.78 is 0. The number of urea groups is 1. The molecule has 21 heavy (non-hydrogen) atoms. The lowest BCUT2D eigenvalue weighted by Crippen LogP contribution is -2.37. The van der Waals surface area contributed by atoms with E-state index in [1.807, 2.05) is 6.07 Å². The van der Waals surface area contributed by atoms with E-state index in [0.717, 1.165) is 38.3 Å². The first-order valence-corrected chi connectivity index (χ1v) is 8.40. The molecule has 1 aromatic carbocycles. The molecule has 0 spiro atoms. The molecule has 2 rings (SSSR count). The minimum Gasteiger partial charge on any atom is -0.338 e. The molecular weight excluding hydrogens is 260 g/mol. The average Bonchev–Trinajstić information content (AvgIpc) is 2.54. The van der Waals surface area contributed by atoms with Gasteiger partial charge in [0.05, 0.1) is 0 Å². The third-order valence-electron chi connectivity index (χ3n) is 4.33. The molecule has 0 aliphatic heterocycles. The van der Waals surface area contributed by atoms with Crippen molar-refractivity contribution >= 4 is 6.03 Å². The zero-order valence-corrected chi connectivity index (χ0v) is 12.9.